The maximum atomic E-state index is 12.6. The number of aliphatic hydroxyl groups excluding tert-OH is 1. The molecule has 1 aromatic heterocycles. The molecule has 3 rings (SSSR count). The highest BCUT2D eigenvalue weighted by Crippen LogP contribution is 2.33. The molecule has 5 heteroatoms. The Morgan fingerprint density at radius 2 is 2.18 bits per heavy atom. The number of pyridine rings is 1. The minimum Gasteiger partial charge on any atom is -0.495 e. The van der Waals surface area contributed by atoms with Crippen molar-refractivity contribution < 1.29 is 14.6 Å². The van der Waals surface area contributed by atoms with Crippen LogP contribution in [0.25, 0.3) is 10.9 Å². The highest BCUT2D eigenvalue weighted by Gasteiger charge is 2.31. The van der Waals surface area contributed by atoms with Crippen molar-refractivity contribution in [2.24, 2.45) is 5.92 Å². The Bertz CT molecular complexity index is 697. The van der Waals surface area contributed by atoms with Crippen molar-refractivity contribution in [1.82, 2.24) is 9.88 Å². The van der Waals surface area contributed by atoms with E-state index in [1.54, 1.807) is 20.4 Å². The number of aromatic nitrogens is 1. The summed E-state index contributed by atoms with van der Waals surface area (Å²) in [5.74, 6) is 0.685. The number of carbonyl (C=O) groups is 1. The molecule has 0 saturated heterocycles. The molecule has 0 spiro atoms. The van der Waals surface area contributed by atoms with Gasteiger partial charge in [-0.15, -0.1) is 0 Å². The molecule has 1 heterocycles. The number of likely N-dealkylation sites (N-methyl/N-ethyl adjacent to an activating group) is 1. The van der Waals surface area contributed by atoms with Gasteiger partial charge in [0, 0.05) is 25.2 Å². The molecule has 1 aliphatic carbocycles. The van der Waals surface area contributed by atoms with Gasteiger partial charge in [-0.3, -0.25) is 9.78 Å². The predicted molar refractivity (Wildman–Crippen MR) is 84.0 cm³/mol. The second-order valence-corrected chi connectivity index (χ2v) is 5.81. The topological polar surface area (TPSA) is 62.7 Å². The second kappa shape index (κ2) is 5.93. The number of hydrogen-bond acceptors (Lipinski definition) is 4. The van der Waals surface area contributed by atoms with Crippen LogP contribution < -0.4 is 4.74 Å². The Labute approximate surface area is 129 Å². The first-order valence-corrected chi connectivity index (χ1v) is 7.47. The third-order valence-corrected chi connectivity index (χ3v) is 4.13. The minimum atomic E-state index is -0.451. The molecule has 116 valence electrons. The molecule has 1 atom stereocenters. The molecule has 5 nitrogen and oxygen atoms in total. The largest absolute Gasteiger partial charge is 0.495 e. The number of amides is 1. The summed E-state index contributed by atoms with van der Waals surface area (Å²) in [4.78, 5) is 18.5. The lowest BCUT2D eigenvalue weighted by molar-refractivity contribution is 0.0642. The molecule has 0 aliphatic heterocycles. The van der Waals surface area contributed by atoms with Gasteiger partial charge in [-0.2, -0.15) is 0 Å². The third-order valence-electron chi connectivity index (χ3n) is 4.13. The molecule has 1 fully saturated rings. The lowest BCUT2D eigenvalue weighted by atomic mass is 10.1. The summed E-state index contributed by atoms with van der Waals surface area (Å²) in [5, 5.41) is 10.8. The summed E-state index contributed by atoms with van der Waals surface area (Å²) >= 11 is 0. The van der Waals surface area contributed by atoms with Crippen molar-refractivity contribution in [2.45, 2.75) is 18.9 Å². The number of hydrogen-bond donors (Lipinski definition) is 1. The normalized spacial score (nSPS) is 15.6. The van der Waals surface area contributed by atoms with Crippen LogP contribution in [0, 0.1) is 5.92 Å². The van der Waals surface area contributed by atoms with Crippen molar-refractivity contribution in [3.8, 4) is 5.75 Å². The van der Waals surface area contributed by atoms with Crippen LogP contribution in [0.5, 0.6) is 5.75 Å². The standard InChI is InChI=1S/C17H20N2O3/c1-19(10-15(20)11-7-8-11)17(21)13-9-18-14-6-4-3-5-12(14)16(13)22-2/h3-6,9,11,15,20H,7-8,10H2,1-2H3. The molecule has 2 aromatic rings. The molecule has 22 heavy (non-hydrogen) atoms. The Hall–Kier alpha value is -2.14. The van der Waals surface area contributed by atoms with Crippen molar-refractivity contribution in [3.05, 3.63) is 36.0 Å². The van der Waals surface area contributed by atoms with Gasteiger partial charge >= 0.3 is 0 Å². The summed E-state index contributed by atoms with van der Waals surface area (Å²) in [7, 11) is 3.25. The van der Waals surface area contributed by atoms with E-state index in [0.29, 0.717) is 23.8 Å². The fraction of sp³-hybridized carbons (Fsp3) is 0.412. The number of benzene rings is 1. The van der Waals surface area contributed by atoms with Crippen LogP contribution in [-0.2, 0) is 0 Å². The Morgan fingerprint density at radius 1 is 1.45 bits per heavy atom. The van der Waals surface area contributed by atoms with Gasteiger partial charge in [0.25, 0.3) is 5.91 Å². The first-order valence-electron chi connectivity index (χ1n) is 7.47. The van der Waals surface area contributed by atoms with Crippen LogP contribution in [0.3, 0.4) is 0 Å². The summed E-state index contributed by atoms with van der Waals surface area (Å²) in [5.41, 5.74) is 1.21. The molecule has 0 bridgehead atoms. The zero-order valence-corrected chi connectivity index (χ0v) is 12.8. The van der Waals surface area contributed by atoms with Gasteiger partial charge in [0.2, 0.25) is 0 Å². The number of rotatable bonds is 5. The lowest BCUT2D eigenvalue weighted by Crippen LogP contribution is -2.35. The number of para-hydroxylation sites is 1. The van der Waals surface area contributed by atoms with E-state index in [4.69, 9.17) is 4.74 Å². The molecule has 1 aliphatic rings. The summed E-state index contributed by atoms with van der Waals surface area (Å²) in [6.07, 6.45) is 3.19. The molecular formula is C17H20N2O3. The van der Waals surface area contributed by atoms with E-state index >= 15 is 0 Å². The van der Waals surface area contributed by atoms with Crippen LogP contribution in [-0.4, -0.2) is 47.7 Å². The van der Waals surface area contributed by atoms with Gasteiger partial charge in [0.05, 0.1) is 18.7 Å². The summed E-state index contributed by atoms with van der Waals surface area (Å²) in [6.45, 7) is 0.333. The van der Waals surface area contributed by atoms with Crippen LogP contribution in [0.2, 0.25) is 0 Å². The van der Waals surface area contributed by atoms with E-state index in [2.05, 4.69) is 4.98 Å². The Morgan fingerprint density at radius 3 is 2.86 bits per heavy atom. The third kappa shape index (κ3) is 2.76. The molecule has 1 N–H and O–H groups in total. The number of nitrogens with zero attached hydrogens (tertiary/aromatic N) is 2. The van der Waals surface area contributed by atoms with E-state index in [9.17, 15) is 9.90 Å². The number of methoxy groups -OCH3 is 1. The predicted octanol–water partition coefficient (Wildman–Crippen LogP) is 2.09. The molecule has 1 amide bonds. The van der Waals surface area contributed by atoms with E-state index in [-0.39, 0.29) is 5.91 Å². The number of ether oxygens (including phenoxy) is 1. The molecular weight excluding hydrogens is 280 g/mol. The van der Waals surface area contributed by atoms with Crippen molar-refractivity contribution in [3.63, 3.8) is 0 Å². The van der Waals surface area contributed by atoms with Gasteiger partial charge < -0.3 is 14.7 Å². The van der Waals surface area contributed by atoms with Crippen molar-refractivity contribution in [2.75, 3.05) is 20.7 Å². The zero-order chi connectivity index (χ0) is 15.7. The van der Waals surface area contributed by atoms with Crippen molar-refractivity contribution >= 4 is 16.8 Å². The smallest absolute Gasteiger partial charge is 0.259 e. The first-order chi connectivity index (χ1) is 10.6. The van der Waals surface area contributed by atoms with Crippen LogP contribution >= 0.6 is 0 Å². The summed E-state index contributed by atoms with van der Waals surface area (Å²) < 4.78 is 5.44. The Kier molecular flexibility index (Phi) is 3.98. The Balaban J connectivity index is 1.89. The zero-order valence-electron chi connectivity index (χ0n) is 12.8. The first kappa shape index (κ1) is 14.8. The molecule has 0 radical (unpaired) electrons. The van der Waals surface area contributed by atoms with E-state index in [1.165, 1.54) is 4.90 Å². The van der Waals surface area contributed by atoms with E-state index in [1.807, 2.05) is 24.3 Å². The quantitative estimate of drug-likeness (QED) is 0.918. The van der Waals surface area contributed by atoms with Gasteiger partial charge in [0.15, 0.2) is 0 Å². The van der Waals surface area contributed by atoms with Crippen LogP contribution in [0.4, 0.5) is 0 Å². The molecule has 1 saturated carbocycles. The second-order valence-electron chi connectivity index (χ2n) is 5.81. The van der Waals surface area contributed by atoms with Crippen LogP contribution in [0.15, 0.2) is 30.5 Å². The highest BCUT2D eigenvalue weighted by molar-refractivity contribution is 6.02. The molecule has 1 aromatic carbocycles. The van der Waals surface area contributed by atoms with E-state index in [0.717, 1.165) is 23.7 Å². The number of carbonyl (C=O) groups excluding carboxylic acids is 1. The average molecular weight is 300 g/mol. The maximum Gasteiger partial charge on any atom is 0.259 e. The SMILES string of the molecule is COc1c(C(=O)N(C)CC(O)C2CC2)cnc2ccccc12. The number of aliphatic hydroxyl groups is 1. The lowest BCUT2D eigenvalue weighted by Gasteiger charge is -2.22. The van der Waals surface area contributed by atoms with Gasteiger partial charge in [-0.1, -0.05) is 12.1 Å². The fourth-order valence-corrected chi connectivity index (χ4v) is 2.69. The average Bonchev–Trinajstić information content (AvgIpc) is 3.37. The van der Waals surface area contributed by atoms with Gasteiger partial charge in [-0.05, 0) is 30.9 Å². The summed E-state index contributed by atoms with van der Waals surface area (Å²) in [6, 6.07) is 7.55. The minimum absolute atomic E-state index is 0.185. The number of fused-ring (bicyclic) bond motifs is 1. The van der Waals surface area contributed by atoms with Gasteiger partial charge in [0.1, 0.15) is 11.3 Å². The van der Waals surface area contributed by atoms with Crippen LogP contribution in [0.1, 0.15) is 23.2 Å². The molecule has 1 unspecified atom stereocenters. The monoisotopic (exact) mass is 300 g/mol. The highest BCUT2D eigenvalue weighted by atomic mass is 16.5. The van der Waals surface area contributed by atoms with Crippen molar-refractivity contribution in [1.29, 1.82) is 0 Å². The maximum absolute atomic E-state index is 12.6. The van der Waals surface area contributed by atoms with E-state index < -0.39 is 6.10 Å². The van der Waals surface area contributed by atoms with Gasteiger partial charge in [-0.25, -0.2) is 0 Å². The fourth-order valence-electron chi connectivity index (χ4n) is 2.69.